The summed E-state index contributed by atoms with van der Waals surface area (Å²) >= 11 is 0. The zero-order valence-corrected chi connectivity index (χ0v) is 8.31. The molecule has 0 fully saturated rings. The van der Waals surface area contributed by atoms with Gasteiger partial charge in [0.2, 0.25) is 0 Å². The van der Waals surface area contributed by atoms with Crippen LogP contribution in [0.5, 0.6) is 5.75 Å². The summed E-state index contributed by atoms with van der Waals surface area (Å²) in [6.45, 7) is 0.404. The summed E-state index contributed by atoms with van der Waals surface area (Å²) < 4.78 is 5.60. The van der Waals surface area contributed by atoms with E-state index < -0.39 is 0 Å². The van der Waals surface area contributed by atoms with E-state index in [9.17, 15) is 5.11 Å². The lowest BCUT2D eigenvalue weighted by Gasteiger charge is -2.22. The Hall–Kier alpha value is -1.54. The van der Waals surface area contributed by atoms with Crippen LogP contribution in [0.1, 0.15) is 5.56 Å². The molecule has 15 heavy (non-hydrogen) atoms. The molecule has 3 rings (SSSR count). The average Bonchev–Trinajstić information content (AvgIpc) is 2.28. The molecule has 2 aromatic carbocycles. The quantitative estimate of drug-likeness (QED) is 0.706. The standard InChI is InChI=1S/C13H12O2/c14-11-7-10-6-5-9-3-1-2-4-12(9)13(10)15-8-11/h1-6,11,14H,7-8H2. The summed E-state index contributed by atoms with van der Waals surface area (Å²) in [5.41, 5.74) is 1.10. The van der Waals surface area contributed by atoms with Crippen LogP contribution in [0.2, 0.25) is 0 Å². The van der Waals surface area contributed by atoms with Crippen LogP contribution >= 0.6 is 0 Å². The Morgan fingerprint density at radius 3 is 2.93 bits per heavy atom. The van der Waals surface area contributed by atoms with E-state index in [-0.39, 0.29) is 6.10 Å². The molecule has 0 bridgehead atoms. The molecule has 1 heterocycles. The van der Waals surface area contributed by atoms with E-state index in [0.717, 1.165) is 16.7 Å². The van der Waals surface area contributed by atoms with Gasteiger partial charge in [0.05, 0.1) is 6.10 Å². The molecule has 0 radical (unpaired) electrons. The minimum atomic E-state index is -0.362. The predicted octanol–water partition coefficient (Wildman–Crippen LogP) is 2.14. The first-order chi connectivity index (χ1) is 7.34. The maximum atomic E-state index is 9.50. The molecule has 1 unspecified atom stereocenters. The fraction of sp³-hybridized carbons (Fsp3) is 0.231. The van der Waals surface area contributed by atoms with Crippen LogP contribution in [0.4, 0.5) is 0 Å². The highest BCUT2D eigenvalue weighted by molar-refractivity contribution is 5.89. The van der Waals surface area contributed by atoms with Crippen molar-refractivity contribution in [2.24, 2.45) is 0 Å². The molecule has 1 aliphatic heterocycles. The first kappa shape index (κ1) is 8.74. The van der Waals surface area contributed by atoms with Gasteiger partial charge in [-0.05, 0) is 10.9 Å². The average molecular weight is 200 g/mol. The maximum Gasteiger partial charge on any atom is 0.130 e. The van der Waals surface area contributed by atoms with Crippen LogP contribution in [0, 0.1) is 0 Å². The molecule has 1 atom stereocenters. The number of rotatable bonds is 0. The van der Waals surface area contributed by atoms with Gasteiger partial charge in [-0.15, -0.1) is 0 Å². The predicted molar refractivity (Wildman–Crippen MR) is 59.2 cm³/mol. The van der Waals surface area contributed by atoms with Gasteiger partial charge in [0, 0.05) is 11.8 Å². The van der Waals surface area contributed by atoms with E-state index in [2.05, 4.69) is 18.2 Å². The fourth-order valence-corrected chi connectivity index (χ4v) is 2.11. The van der Waals surface area contributed by atoms with Crippen molar-refractivity contribution in [2.75, 3.05) is 6.61 Å². The second-order valence-corrected chi connectivity index (χ2v) is 3.94. The number of benzene rings is 2. The third-order valence-electron chi connectivity index (χ3n) is 2.84. The summed E-state index contributed by atoms with van der Waals surface area (Å²) in [6.07, 6.45) is 0.332. The summed E-state index contributed by atoms with van der Waals surface area (Å²) in [7, 11) is 0. The number of fused-ring (bicyclic) bond motifs is 3. The largest absolute Gasteiger partial charge is 0.490 e. The lowest BCUT2D eigenvalue weighted by molar-refractivity contribution is 0.0933. The maximum absolute atomic E-state index is 9.50. The van der Waals surface area contributed by atoms with Crippen LogP contribution in [0.25, 0.3) is 10.8 Å². The Balaban J connectivity index is 2.25. The minimum absolute atomic E-state index is 0.362. The summed E-state index contributed by atoms with van der Waals surface area (Å²) in [6, 6.07) is 12.3. The molecule has 2 heteroatoms. The molecular formula is C13H12O2. The lowest BCUT2D eigenvalue weighted by Crippen LogP contribution is -2.25. The van der Waals surface area contributed by atoms with Crippen molar-refractivity contribution >= 4 is 10.8 Å². The molecule has 2 aromatic rings. The zero-order valence-electron chi connectivity index (χ0n) is 8.31. The normalized spacial score (nSPS) is 19.7. The van der Waals surface area contributed by atoms with Crippen molar-refractivity contribution in [3.63, 3.8) is 0 Å². The Morgan fingerprint density at radius 1 is 1.13 bits per heavy atom. The molecule has 0 aliphatic carbocycles. The molecular weight excluding hydrogens is 188 g/mol. The topological polar surface area (TPSA) is 29.5 Å². The van der Waals surface area contributed by atoms with Crippen molar-refractivity contribution in [2.45, 2.75) is 12.5 Å². The monoisotopic (exact) mass is 200 g/mol. The number of ether oxygens (including phenoxy) is 1. The van der Waals surface area contributed by atoms with Crippen molar-refractivity contribution in [1.82, 2.24) is 0 Å². The Labute approximate surface area is 88.1 Å². The molecule has 0 spiro atoms. The second-order valence-electron chi connectivity index (χ2n) is 3.94. The van der Waals surface area contributed by atoms with Crippen molar-refractivity contribution < 1.29 is 9.84 Å². The van der Waals surface area contributed by atoms with Gasteiger partial charge in [-0.1, -0.05) is 36.4 Å². The third kappa shape index (κ3) is 1.38. The number of hydrogen-bond acceptors (Lipinski definition) is 2. The van der Waals surface area contributed by atoms with Gasteiger partial charge in [-0.3, -0.25) is 0 Å². The van der Waals surface area contributed by atoms with E-state index in [0.29, 0.717) is 13.0 Å². The van der Waals surface area contributed by atoms with Gasteiger partial charge >= 0.3 is 0 Å². The Bertz CT molecular complexity index is 505. The molecule has 1 N–H and O–H groups in total. The van der Waals surface area contributed by atoms with E-state index in [1.807, 2.05) is 18.2 Å². The van der Waals surface area contributed by atoms with Gasteiger partial charge in [-0.25, -0.2) is 0 Å². The zero-order chi connectivity index (χ0) is 10.3. The number of aliphatic hydroxyl groups is 1. The van der Waals surface area contributed by atoms with E-state index in [1.165, 1.54) is 5.39 Å². The van der Waals surface area contributed by atoms with Crippen molar-refractivity contribution in [1.29, 1.82) is 0 Å². The first-order valence-corrected chi connectivity index (χ1v) is 5.16. The van der Waals surface area contributed by atoms with Crippen LogP contribution < -0.4 is 4.74 Å². The van der Waals surface area contributed by atoms with Crippen LogP contribution in [-0.4, -0.2) is 17.8 Å². The first-order valence-electron chi connectivity index (χ1n) is 5.16. The van der Waals surface area contributed by atoms with Crippen LogP contribution in [0.15, 0.2) is 36.4 Å². The van der Waals surface area contributed by atoms with Gasteiger partial charge < -0.3 is 9.84 Å². The summed E-state index contributed by atoms with van der Waals surface area (Å²) in [5.74, 6) is 0.943. The summed E-state index contributed by atoms with van der Waals surface area (Å²) in [5, 5.41) is 11.8. The minimum Gasteiger partial charge on any atom is -0.490 e. The van der Waals surface area contributed by atoms with E-state index in [4.69, 9.17) is 4.74 Å². The van der Waals surface area contributed by atoms with Gasteiger partial charge in [0.1, 0.15) is 12.4 Å². The molecule has 2 nitrogen and oxygen atoms in total. The van der Waals surface area contributed by atoms with Crippen LogP contribution in [-0.2, 0) is 6.42 Å². The second kappa shape index (κ2) is 3.24. The number of aliphatic hydroxyl groups excluding tert-OH is 1. The SMILES string of the molecule is OC1COc2c(ccc3ccccc23)C1. The fourth-order valence-electron chi connectivity index (χ4n) is 2.11. The highest BCUT2D eigenvalue weighted by Gasteiger charge is 2.19. The van der Waals surface area contributed by atoms with Gasteiger partial charge in [0.15, 0.2) is 0 Å². The van der Waals surface area contributed by atoms with Crippen molar-refractivity contribution in [3.05, 3.63) is 42.0 Å². The summed E-state index contributed by atoms with van der Waals surface area (Å²) in [4.78, 5) is 0. The molecule has 0 saturated carbocycles. The highest BCUT2D eigenvalue weighted by Crippen LogP contribution is 2.33. The smallest absolute Gasteiger partial charge is 0.130 e. The van der Waals surface area contributed by atoms with Crippen LogP contribution in [0.3, 0.4) is 0 Å². The molecule has 0 aromatic heterocycles. The third-order valence-corrected chi connectivity index (χ3v) is 2.84. The van der Waals surface area contributed by atoms with E-state index >= 15 is 0 Å². The van der Waals surface area contributed by atoms with E-state index in [1.54, 1.807) is 0 Å². The number of hydrogen-bond donors (Lipinski definition) is 1. The van der Waals surface area contributed by atoms with Gasteiger partial charge in [-0.2, -0.15) is 0 Å². The van der Waals surface area contributed by atoms with Gasteiger partial charge in [0.25, 0.3) is 0 Å². The molecule has 1 aliphatic rings. The van der Waals surface area contributed by atoms with Crippen molar-refractivity contribution in [3.8, 4) is 5.75 Å². The Kier molecular flexibility index (Phi) is 1.89. The highest BCUT2D eigenvalue weighted by atomic mass is 16.5. The molecule has 76 valence electrons. The molecule has 0 amide bonds. The Morgan fingerprint density at radius 2 is 2.00 bits per heavy atom. The lowest BCUT2D eigenvalue weighted by atomic mass is 9.99. The molecule has 0 saturated heterocycles.